The Hall–Kier alpha value is -2.91. The summed E-state index contributed by atoms with van der Waals surface area (Å²) in [6, 6.07) is 12.5. The Morgan fingerprint density at radius 2 is 1.54 bits per heavy atom. The molecule has 0 aliphatic rings. The van der Waals surface area contributed by atoms with Crippen molar-refractivity contribution in [2.75, 3.05) is 31.5 Å². The van der Waals surface area contributed by atoms with Gasteiger partial charge in [0.05, 0.1) is 5.69 Å². The number of aryl methyl sites for hydroxylation is 3. The van der Waals surface area contributed by atoms with Crippen molar-refractivity contribution in [1.82, 2.24) is 14.5 Å². The van der Waals surface area contributed by atoms with Crippen LogP contribution >= 0.6 is 0 Å². The highest BCUT2D eigenvalue weighted by molar-refractivity contribution is 7.90. The molecule has 0 aromatic heterocycles. The Morgan fingerprint density at radius 1 is 0.946 bits per heavy atom. The summed E-state index contributed by atoms with van der Waals surface area (Å²) in [4.78, 5) is 28.6. The topological polar surface area (TPSA) is 90.0 Å². The second kappa shape index (κ2) is 13.1. The molecular formula is C28H42N4O4S. The number of carbonyl (C=O) groups is 2. The van der Waals surface area contributed by atoms with E-state index in [0.29, 0.717) is 18.7 Å². The molecule has 37 heavy (non-hydrogen) atoms. The molecule has 0 aliphatic heterocycles. The van der Waals surface area contributed by atoms with E-state index >= 15 is 0 Å². The zero-order valence-electron chi connectivity index (χ0n) is 23.4. The van der Waals surface area contributed by atoms with Gasteiger partial charge in [-0.3, -0.25) is 9.59 Å². The Morgan fingerprint density at radius 3 is 2.08 bits per heavy atom. The second-order valence-electron chi connectivity index (χ2n) is 10.2. The Kier molecular flexibility index (Phi) is 10.7. The van der Waals surface area contributed by atoms with Gasteiger partial charge in [-0.1, -0.05) is 62.7 Å². The summed E-state index contributed by atoms with van der Waals surface area (Å²) < 4.78 is 29.0. The smallest absolute Gasteiger partial charge is 0.304 e. The highest BCUT2D eigenvalue weighted by Gasteiger charge is 2.34. The van der Waals surface area contributed by atoms with Crippen LogP contribution in [0.15, 0.2) is 42.5 Å². The molecule has 0 radical (unpaired) electrons. The lowest BCUT2D eigenvalue weighted by Gasteiger charge is -2.34. The van der Waals surface area contributed by atoms with E-state index in [1.54, 1.807) is 6.07 Å². The number of anilines is 1. The lowest BCUT2D eigenvalue weighted by atomic mass is 10.1. The predicted molar refractivity (Wildman–Crippen MR) is 150 cm³/mol. The normalized spacial score (nSPS) is 12.5. The summed E-state index contributed by atoms with van der Waals surface area (Å²) in [5.74, 6) is -0.434. The van der Waals surface area contributed by atoms with Crippen LogP contribution in [0.5, 0.6) is 0 Å². The molecule has 1 N–H and O–H groups in total. The third-order valence-corrected chi connectivity index (χ3v) is 8.00. The molecule has 2 aromatic rings. The maximum atomic E-state index is 13.9. The minimum Gasteiger partial charge on any atom is -0.354 e. The fraction of sp³-hybridized carbons (Fsp3) is 0.500. The lowest BCUT2D eigenvalue weighted by molar-refractivity contribution is -0.140. The van der Waals surface area contributed by atoms with E-state index in [0.717, 1.165) is 30.9 Å². The number of hydrogen-bond acceptors (Lipinski definition) is 4. The average Bonchev–Trinajstić information content (AvgIpc) is 2.83. The van der Waals surface area contributed by atoms with E-state index in [9.17, 15) is 18.0 Å². The van der Waals surface area contributed by atoms with Crippen molar-refractivity contribution in [3.8, 4) is 0 Å². The number of benzene rings is 2. The third-order valence-electron chi connectivity index (χ3n) is 6.20. The van der Waals surface area contributed by atoms with E-state index in [1.807, 2.05) is 77.9 Å². The molecule has 1 atom stereocenters. The van der Waals surface area contributed by atoms with Gasteiger partial charge in [0.25, 0.3) is 0 Å². The molecule has 0 bridgehead atoms. The molecule has 2 rings (SSSR count). The van der Waals surface area contributed by atoms with Crippen molar-refractivity contribution in [3.63, 3.8) is 0 Å². The Balaban J connectivity index is 2.53. The first-order valence-electron chi connectivity index (χ1n) is 12.7. The molecule has 0 unspecified atom stereocenters. The van der Waals surface area contributed by atoms with Crippen molar-refractivity contribution in [1.29, 1.82) is 0 Å². The van der Waals surface area contributed by atoms with E-state index in [4.69, 9.17) is 0 Å². The summed E-state index contributed by atoms with van der Waals surface area (Å²) in [6.07, 6.45) is 0.394. The first-order chi connectivity index (χ1) is 17.3. The van der Waals surface area contributed by atoms with Crippen LogP contribution in [-0.4, -0.2) is 62.7 Å². The quantitative estimate of drug-likeness (QED) is 0.452. The number of carbonyl (C=O) groups excluding carboxylic acids is 2. The standard InChI is InChI=1S/C28H42N4O4S/c1-9-25(28(34)29-17-20(2)3)31(18-24-14-11-21(4)12-15-24)27(33)19-32(37(35,36)30(7)8)26-16-22(5)10-13-23(26)6/h10-16,20,25H,9,17-19H2,1-8H3,(H,29,34)/t25-/m1/s1. The van der Waals surface area contributed by atoms with Crippen LogP contribution < -0.4 is 9.62 Å². The molecular weight excluding hydrogens is 488 g/mol. The van der Waals surface area contributed by atoms with Gasteiger partial charge in [-0.2, -0.15) is 12.7 Å². The van der Waals surface area contributed by atoms with Crippen molar-refractivity contribution < 1.29 is 18.0 Å². The van der Waals surface area contributed by atoms with E-state index < -0.39 is 28.7 Å². The van der Waals surface area contributed by atoms with Crippen LogP contribution in [0.4, 0.5) is 5.69 Å². The van der Waals surface area contributed by atoms with Crippen LogP contribution in [0.2, 0.25) is 0 Å². The molecule has 8 nitrogen and oxygen atoms in total. The van der Waals surface area contributed by atoms with Gasteiger partial charge >= 0.3 is 10.2 Å². The van der Waals surface area contributed by atoms with Gasteiger partial charge in [-0.25, -0.2) is 4.31 Å². The van der Waals surface area contributed by atoms with Gasteiger partial charge in [-0.15, -0.1) is 0 Å². The number of rotatable bonds is 12. The van der Waals surface area contributed by atoms with Gasteiger partial charge in [0.1, 0.15) is 12.6 Å². The summed E-state index contributed by atoms with van der Waals surface area (Å²) in [5, 5.41) is 2.94. The number of amides is 2. The highest BCUT2D eigenvalue weighted by atomic mass is 32.2. The van der Waals surface area contributed by atoms with Crippen molar-refractivity contribution in [2.24, 2.45) is 5.92 Å². The van der Waals surface area contributed by atoms with Gasteiger partial charge in [0.2, 0.25) is 11.8 Å². The van der Waals surface area contributed by atoms with Gasteiger partial charge in [-0.05, 0) is 55.9 Å². The maximum Gasteiger partial charge on any atom is 0.304 e. The summed E-state index contributed by atoms with van der Waals surface area (Å²) in [7, 11) is -1.11. The summed E-state index contributed by atoms with van der Waals surface area (Å²) in [5.41, 5.74) is 4.00. The SMILES string of the molecule is CC[C@H](C(=O)NCC(C)C)N(Cc1ccc(C)cc1)C(=O)CN(c1cc(C)ccc1C)S(=O)(=O)N(C)C. The second-order valence-corrected chi connectivity index (χ2v) is 12.2. The molecule has 2 amide bonds. The van der Waals surface area contributed by atoms with Gasteiger partial charge in [0, 0.05) is 27.2 Å². The minimum absolute atomic E-state index is 0.190. The molecule has 0 fully saturated rings. The van der Waals surface area contributed by atoms with Crippen molar-refractivity contribution in [2.45, 2.75) is 60.5 Å². The monoisotopic (exact) mass is 530 g/mol. The van der Waals surface area contributed by atoms with Crippen LogP contribution in [0.25, 0.3) is 0 Å². The van der Waals surface area contributed by atoms with E-state index in [2.05, 4.69) is 5.32 Å². The number of hydrogen-bond donors (Lipinski definition) is 1. The molecule has 9 heteroatoms. The number of nitrogens with one attached hydrogen (secondary N) is 1. The Bertz CT molecular complexity index is 1180. The van der Waals surface area contributed by atoms with Crippen LogP contribution in [0.1, 0.15) is 49.4 Å². The fourth-order valence-electron chi connectivity index (χ4n) is 3.92. The van der Waals surface area contributed by atoms with Crippen molar-refractivity contribution >= 4 is 27.7 Å². The van der Waals surface area contributed by atoms with Crippen LogP contribution in [0, 0.1) is 26.7 Å². The number of nitrogens with zero attached hydrogens (tertiary/aromatic N) is 3. The molecule has 0 saturated carbocycles. The van der Waals surface area contributed by atoms with Crippen molar-refractivity contribution in [3.05, 3.63) is 64.7 Å². The van der Waals surface area contributed by atoms with Crippen LogP contribution in [0.3, 0.4) is 0 Å². The zero-order chi connectivity index (χ0) is 27.9. The summed E-state index contributed by atoms with van der Waals surface area (Å²) in [6.45, 7) is 11.8. The zero-order valence-corrected chi connectivity index (χ0v) is 24.2. The molecule has 2 aromatic carbocycles. The molecule has 0 aliphatic carbocycles. The molecule has 0 heterocycles. The predicted octanol–water partition coefficient (Wildman–Crippen LogP) is 3.80. The first-order valence-corrected chi connectivity index (χ1v) is 14.1. The lowest BCUT2D eigenvalue weighted by Crippen LogP contribution is -2.53. The maximum absolute atomic E-state index is 13.9. The van der Waals surface area contributed by atoms with Gasteiger partial charge < -0.3 is 10.2 Å². The summed E-state index contributed by atoms with van der Waals surface area (Å²) >= 11 is 0. The van der Waals surface area contributed by atoms with Gasteiger partial charge in [0.15, 0.2) is 0 Å². The van der Waals surface area contributed by atoms with E-state index in [1.165, 1.54) is 19.0 Å². The third kappa shape index (κ3) is 8.04. The Labute approximate surface area is 222 Å². The fourth-order valence-corrected chi connectivity index (χ4v) is 5.04. The van der Waals surface area contributed by atoms with E-state index in [-0.39, 0.29) is 18.4 Å². The molecule has 204 valence electrons. The van der Waals surface area contributed by atoms with Crippen LogP contribution in [-0.2, 0) is 26.3 Å². The molecule has 0 spiro atoms. The largest absolute Gasteiger partial charge is 0.354 e. The first kappa shape index (κ1) is 30.3. The average molecular weight is 531 g/mol. The minimum atomic E-state index is -3.99. The highest BCUT2D eigenvalue weighted by Crippen LogP contribution is 2.26. The molecule has 0 saturated heterocycles.